The van der Waals surface area contributed by atoms with Gasteiger partial charge in [-0.3, -0.25) is 14.4 Å². The number of anilines is 1. The number of pyridine rings is 2. The molecule has 4 rings (SSSR count). The number of nitrogens with zero attached hydrogens (tertiary/aromatic N) is 3. The molecule has 1 aliphatic rings. The van der Waals surface area contributed by atoms with Crippen LogP contribution in [0.5, 0.6) is 0 Å². The third-order valence-electron chi connectivity index (χ3n) is 6.58. The molecule has 2 amide bonds. The van der Waals surface area contributed by atoms with Crippen molar-refractivity contribution >= 4 is 28.5 Å². The van der Waals surface area contributed by atoms with Crippen molar-refractivity contribution in [2.24, 2.45) is 0 Å². The molecular weight excluding hydrogens is 444 g/mol. The Morgan fingerprint density at radius 3 is 2.71 bits per heavy atom. The first kappa shape index (κ1) is 24.6. The van der Waals surface area contributed by atoms with Crippen LogP contribution >= 0.6 is 0 Å². The summed E-state index contributed by atoms with van der Waals surface area (Å²) in [7, 11) is 0. The molecule has 3 heterocycles. The molecule has 1 saturated heterocycles. The number of carbonyl (C=O) groups is 2. The van der Waals surface area contributed by atoms with Crippen LogP contribution in [0.3, 0.4) is 0 Å². The van der Waals surface area contributed by atoms with Gasteiger partial charge in [-0.15, -0.1) is 0 Å². The second-order valence-corrected chi connectivity index (χ2v) is 9.10. The highest BCUT2D eigenvalue weighted by molar-refractivity contribution is 6.01. The first-order chi connectivity index (χ1) is 16.8. The van der Waals surface area contributed by atoms with Crippen LogP contribution in [0, 0.1) is 20.8 Å². The molecule has 0 unspecified atom stereocenters. The summed E-state index contributed by atoms with van der Waals surface area (Å²) in [6, 6.07) is 9.17. The lowest BCUT2D eigenvalue weighted by molar-refractivity contribution is -0.117. The summed E-state index contributed by atoms with van der Waals surface area (Å²) < 4.78 is 7.55. The highest BCUT2D eigenvalue weighted by Crippen LogP contribution is 2.19. The van der Waals surface area contributed by atoms with E-state index in [2.05, 4.69) is 10.3 Å². The zero-order valence-corrected chi connectivity index (χ0v) is 20.8. The van der Waals surface area contributed by atoms with Gasteiger partial charge in [0.25, 0.3) is 5.91 Å². The van der Waals surface area contributed by atoms with Crippen molar-refractivity contribution in [3.05, 3.63) is 69.1 Å². The number of nitrogens with one attached hydrogen (secondary N) is 1. The SMILES string of the molecule is CCn1cc(C(=O)N(CC(=O)Nc2cccc(C)c2C)C[C@H]2CCCO2)c(=O)c2ccc(C)nc21. The van der Waals surface area contributed by atoms with Crippen molar-refractivity contribution in [1.82, 2.24) is 14.5 Å². The second-order valence-electron chi connectivity index (χ2n) is 9.10. The van der Waals surface area contributed by atoms with Crippen LogP contribution in [-0.4, -0.2) is 52.1 Å². The van der Waals surface area contributed by atoms with Crippen LogP contribution in [0.25, 0.3) is 11.0 Å². The molecule has 0 spiro atoms. The standard InChI is InChI=1S/C27H32N4O4/c1-5-30-15-22(25(33)21-12-11-18(3)28-26(21)30)27(34)31(14-20-9-7-13-35-20)16-24(32)29-23-10-6-8-17(2)19(23)4/h6,8,10-12,15,20H,5,7,9,13-14,16H2,1-4H3,(H,29,32)/t20-/m1/s1. The Morgan fingerprint density at radius 2 is 2.00 bits per heavy atom. The molecule has 0 bridgehead atoms. The van der Waals surface area contributed by atoms with Crippen molar-refractivity contribution < 1.29 is 14.3 Å². The fourth-order valence-electron chi connectivity index (χ4n) is 4.43. The molecule has 0 aliphatic carbocycles. The van der Waals surface area contributed by atoms with Crippen molar-refractivity contribution in [3.63, 3.8) is 0 Å². The van der Waals surface area contributed by atoms with Crippen molar-refractivity contribution in [2.45, 2.75) is 53.2 Å². The van der Waals surface area contributed by atoms with E-state index in [1.54, 1.807) is 22.9 Å². The van der Waals surface area contributed by atoms with Gasteiger partial charge >= 0.3 is 0 Å². The largest absolute Gasteiger partial charge is 0.376 e. The maximum atomic E-state index is 13.7. The zero-order chi connectivity index (χ0) is 25.1. The summed E-state index contributed by atoms with van der Waals surface area (Å²) in [6.07, 6.45) is 3.11. The minimum Gasteiger partial charge on any atom is -0.376 e. The Bertz CT molecular complexity index is 1320. The van der Waals surface area contributed by atoms with Gasteiger partial charge in [0.05, 0.1) is 11.5 Å². The molecule has 0 saturated carbocycles. The average Bonchev–Trinajstić information content (AvgIpc) is 3.34. The molecule has 1 atom stereocenters. The highest BCUT2D eigenvalue weighted by atomic mass is 16.5. The Labute approximate surface area is 204 Å². The number of aromatic nitrogens is 2. The summed E-state index contributed by atoms with van der Waals surface area (Å²) in [5.74, 6) is -0.801. The van der Waals surface area contributed by atoms with Gasteiger partial charge in [0.2, 0.25) is 11.3 Å². The molecule has 184 valence electrons. The Balaban J connectivity index is 1.66. The highest BCUT2D eigenvalue weighted by Gasteiger charge is 2.28. The predicted molar refractivity (Wildman–Crippen MR) is 136 cm³/mol. The lowest BCUT2D eigenvalue weighted by atomic mass is 10.1. The fourth-order valence-corrected chi connectivity index (χ4v) is 4.43. The topological polar surface area (TPSA) is 93.5 Å². The van der Waals surface area contributed by atoms with Crippen LogP contribution in [0.2, 0.25) is 0 Å². The molecule has 1 N–H and O–H groups in total. The molecule has 1 aliphatic heterocycles. The summed E-state index contributed by atoms with van der Waals surface area (Å²) in [5, 5.41) is 3.31. The van der Waals surface area contributed by atoms with Crippen LogP contribution in [0.1, 0.15) is 46.9 Å². The number of rotatable bonds is 7. The van der Waals surface area contributed by atoms with E-state index in [0.717, 1.165) is 29.7 Å². The van der Waals surface area contributed by atoms with Crippen LogP contribution < -0.4 is 10.7 Å². The van der Waals surface area contributed by atoms with Gasteiger partial charge in [-0.05, 0) is 69.9 Å². The molecule has 35 heavy (non-hydrogen) atoms. The first-order valence-electron chi connectivity index (χ1n) is 12.1. The van der Waals surface area contributed by atoms with Crippen LogP contribution in [0.4, 0.5) is 5.69 Å². The minimum absolute atomic E-state index is 0.0301. The van der Waals surface area contributed by atoms with Gasteiger partial charge in [-0.2, -0.15) is 0 Å². The summed E-state index contributed by atoms with van der Waals surface area (Å²) in [6.45, 7) is 8.96. The van der Waals surface area contributed by atoms with Gasteiger partial charge in [0, 0.05) is 37.3 Å². The number of hydrogen-bond donors (Lipinski definition) is 1. The molecule has 3 aromatic rings. The molecular formula is C27H32N4O4. The number of benzene rings is 1. The maximum absolute atomic E-state index is 13.7. The van der Waals surface area contributed by atoms with Crippen molar-refractivity contribution in [3.8, 4) is 0 Å². The van der Waals surface area contributed by atoms with Gasteiger partial charge in [-0.25, -0.2) is 4.98 Å². The summed E-state index contributed by atoms with van der Waals surface area (Å²) in [5.41, 5.74) is 3.74. The van der Waals surface area contributed by atoms with Gasteiger partial charge in [0.1, 0.15) is 17.8 Å². The number of aryl methyl sites for hydroxylation is 3. The maximum Gasteiger partial charge on any atom is 0.259 e. The Morgan fingerprint density at radius 1 is 1.20 bits per heavy atom. The smallest absolute Gasteiger partial charge is 0.259 e. The molecule has 0 radical (unpaired) electrons. The number of carbonyl (C=O) groups excluding carboxylic acids is 2. The average molecular weight is 477 g/mol. The van der Waals surface area contributed by atoms with Crippen molar-refractivity contribution in [1.29, 1.82) is 0 Å². The molecule has 1 fully saturated rings. The monoisotopic (exact) mass is 476 g/mol. The number of fused-ring (bicyclic) bond motifs is 1. The molecule has 1 aromatic carbocycles. The van der Waals surface area contributed by atoms with Gasteiger partial charge in [0.15, 0.2) is 0 Å². The van der Waals surface area contributed by atoms with Crippen molar-refractivity contribution in [2.75, 3.05) is 25.0 Å². The van der Waals surface area contributed by atoms with Crippen LogP contribution in [0.15, 0.2) is 41.3 Å². The third kappa shape index (κ3) is 5.27. The van der Waals surface area contributed by atoms with E-state index in [4.69, 9.17) is 4.74 Å². The third-order valence-corrected chi connectivity index (χ3v) is 6.58. The normalized spacial score (nSPS) is 15.4. The fraction of sp³-hybridized carbons (Fsp3) is 0.407. The quantitative estimate of drug-likeness (QED) is 0.562. The minimum atomic E-state index is -0.480. The van der Waals surface area contributed by atoms with E-state index in [1.807, 2.05) is 45.9 Å². The van der Waals surface area contributed by atoms with E-state index < -0.39 is 5.91 Å². The van der Waals surface area contributed by atoms with E-state index in [9.17, 15) is 14.4 Å². The molecule has 8 heteroatoms. The zero-order valence-electron chi connectivity index (χ0n) is 20.8. The number of ether oxygens (including phenoxy) is 1. The Hall–Kier alpha value is -3.52. The molecule has 2 aromatic heterocycles. The first-order valence-corrected chi connectivity index (χ1v) is 12.1. The lowest BCUT2D eigenvalue weighted by Gasteiger charge is -2.25. The van der Waals surface area contributed by atoms with Crippen LogP contribution in [-0.2, 0) is 16.1 Å². The number of hydrogen-bond acceptors (Lipinski definition) is 5. The van der Waals surface area contributed by atoms with Gasteiger partial charge in [-0.1, -0.05) is 12.1 Å². The van der Waals surface area contributed by atoms with Gasteiger partial charge < -0.3 is 19.5 Å². The Kier molecular flexibility index (Phi) is 7.31. The molecule has 8 nitrogen and oxygen atoms in total. The second kappa shape index (κ2) is 10.4. The van der Waals surface area contributed by atoms with E-state index >= 15 is 0 Å². The van der Waals surface area contributed by atoms with E-state index in [1.165, 1.54) is 4.90 Å². The van der Waals surface area contributed by atoms with E-state index in [-0.39, 0.29) is 36.1 Å². The lowest BCUT2D eigenvalue weighted by Crippen LogP contribution is -2.44. The summed E-state index contributed by atoms with van der Waals surface area (Å²) >= 11 is 0. The summed E-state index contributed by atoms with van der Waals surface area (Å²) in [4.78, 5) is 46.0. The van der Waals surface area contributed by atoms with E-state index in [0.29, 0.717) is 29.9 Å². The predicted octanol–water partition coefficient (Wildman–Crippen LogP) is 3.60. The number of amides is 2.